The minimum Gasteiger partial charge on any atom is -0.0564 e. The summed E-state index contributed by atoms with van der Waals surface area (Å²) in [6.07, 6.45) is 0. The van der Waals surface area contributed by atoms with Gasteiger partial charge in [-0.15, -0.1) is 0 Å². The minimum atomic E-state index is 0.222. The van der Waals surface area contributed by atoms with Crippen LogP contribution in [-0.4, -0.2) is 0 Å². The third-order valence-corrected chi connectivity index (χ3v) is 3.92. The van der Waals surface area contributed by atoms with Gasteiger partial charge in [0.05, 0.1) is 0 Å². The molecule has 0 aromatic rings. The Kier molecular flexibility index (Phi) is 3.52. The molecule has 0 heterocycles. The third kappa shape index (κ3) is 3.05. The van der Waals surface area contributed by atoms with Crippen LogP contribution in [0.25, 0.3) is 0 Å². The van der Waals surface area contributed by atoms with Gasteiger partial charge in [-0.25, -0.2) is 0 Å². The zero-order valence-electron chi connectivity index (χ0n) is 12.9. The van der Waals surface area contributed by atoms with Gasteiger partial charge in [0.2, 0.25) is 0 Å². The Morgan fingerprint density at radius 1 is 0.765 bits per heavy atom. The lowest BCUT2D eigenvalue weighted by atomic mass is 9.70. The minimum absolute atomic E-state index is 0.222. The van der Waals surface area contributed by atoms with Crippen molar-refractivity contribution in [3.63, 3.8) is 0 Å². The molecule has 0 nitrogen and oxygen atoms in total. The summed E-state index contributed by atoms with van der Waals surface area (Å²) in [5.74, 6) is 0. The summed E-state index contributed by atoms with van der Waals surface area (Å²) in [6.45, 7) is 20.8. The average Bonchev–Trinajstić information content (AvgIpc) is 2.52. The van der Waals surface area contributed by atoms with Gasteiger partial charge in [-0.3, -0.25) is 0 Å². The fraction of sp³-hybridized carbons (Fsp3) is 0.750. The first-order valence-electron chi connectivity index (χ1n) is 6.44. The van der Waals surface area contributed by atoms with Gasteiger partial charge in [0.1, 0.15) is 0 Å². The molecule has 0 bridgehead atoms. The van der Waals surface area contributed by atoms with Gasteiger partial charge in [0, 0.05) is 4.48 Å². The summed E-state index contributed by atoms with van der Waals surface area (Å²) in [4.78, 5) is 0. The molecule has 17 heavy (non-hydrogen) atoms. The summed E-state index contributed by atoms with van der Waals surface area (Å²) in [6, 6.07) is 0. The highest BCUT2D eigenvalue weighted by Crippen LogP contribution is 2.59. The maximum Gasteiger partial charge on any atom is 0.0294 e. The molecule has 98 valence electrons. The second kappa shape index (κ2) is 3.98. The fourth-order valence-electron chi connectivity index (χ4n) is 2.98. The smallest absolute Gasteiger partial charge is 0.0294 e. The first-order chi connectivity index (χ1) is 7.28. The number of hydrogen-bond acceptors (Lipinski definition) is 0. The van der Waals surface area contributed by atoms with E-state index in [0.717, 1.165) is 0 Å². The topological polar surface area (TPSA) is 0 Å². The van der Waals surface area contributed by atoms with Crippen LogP contribution >= 0.6 is 15.9 Å². The van der Waals surface area contributed by atoms with Gasteiger partial charge in [-0.2, -0.15) is 0 Å². The van der Waals surface area contributed by atoms with Crippen LogP contribution in [0.4, 0.5) is 0 Å². The highest BCUT2D eigenvalue weighted by Gasteiger charge is 2.43. The van der Waals surface area contributed by atoms with E-state index in [0.29, 0.717) is 0 Å². The zero-order valence-corrected chi connectivity index (χ0v) is 14.5. The van der Waals surface area contributed by atoms with Crippen molar-refractivity contribution in [1.29, 1.82) is 0 Å². The molecule has 0 saturated heterocycles. The first-order valence-corrected chi connectivity index (χ1v) is 7.23. The zero-order chi connectivity index (χ0) is 13.8. The summed E-state index contributed by atoms with van der Waals surface area (Å²) in [7, 11) is 0. The van der Waals surface area contributed by atoms with Crippen LogP contribution in [0.1, 0.15) is 62.3 Å². The molecule has 0 aromatic carbocycles. The number of rotatable bonds is 0. The van der Waals surface area contributed by atoms with Gasteiger partial charge in [0.15, 0.2) is 0 Å². The van der Waals surface area contributed by atoms with Crippen LogP contribution < -0.4 is 0 Å². The first kappa shape index (κ1) is 15.0. The second-order valence-electron chi connectivity index (χ2n) is 8.19. The van der Waals surface area contributed by atoms with E-state index >= 15 is 0 Å². The van der Waals surface area contributed by atoms with Gasteiger partial charge in [-0.1, -0.05) is 67.9 Å². The number of allylic oxidation sites excluding steroid dienone is 4. The molecule has 0 fully saturated rings. The summed E-state index contributed by atoms with van der Waals surface area (Å²) >= 11 is 3.76. The van der Waals surface area contributed by atoms with E-state index in [1.807, 2.05) is 0 Å². The van der Waals surface area contributed by atoms with E-state index in [1.54, 1.807) is 5.57 Å². The normalized spacial score (nSPS) is 17.6. The van der Waals surface area contributed by atoms with Gasteiger partial charge in [-0.05, 0) is 43.3 Å². The van der Waals surface area contributed by atoms with Crippen molar-refractivity contribution in [2.24, 2.45) is 16.2 Å². The Hall–Kier alpha value is -0.0400. The molecule has 0 unspecified atom stereocenters. The second-order valence-corrected chi connectivity index (χ2v) is 8.98. The van der Waals surface area contributed by atoms with Crippen molar-refractivity contribution in [1.82, 2.24) is 0 Å². The van der Waals surface area contributed by atoms with Crippen LogP contribution in [0.5, 0.6) is 0 Å². The molecule has 0 N–H and O–H groups in total. The van der Waals surface area contributed by atoms with Crippen LogP contribution in [0.3, 0.4) is 0 Å². The van der Waals surface area contributed by atoms with Crippen molar-refractivity contribution in [2.45, 2.75) is 62.3 Å². The third-order valence-electron chi connectivity index (χ3n) is 3.13. The molecule has 0 spiro atoms. The van der Waals surface area contributed by atoms with Crippen LogP contribution in [0.2, 0.25) is 0 Å². The van der Waals surface area contributed by atoms with Crippen molar-refractivity contribution in [3.05, 3.63) is 21.2 Å². The molecule has 0 radical (unpaired) electrons. The van der Waals surface area contributed by atoms with E-state index in [9.17, 15) is 0 Å². The van der Waals surface area contributed by atoms with E-state index < -0.39 is 0 Å². The molecule has 1 rings (SSSR count). The van der Waals surface area contributed by atoms with Crippen LogP contribution in [0, 0.1) is 16.2 Å². The highest BCUT2D eigenvalue weighted by molar-refractivity contribution is 9.12. The van der Waals surface area contributed by atoms with Crippen molar-refractivity contribution in [3.8, 4) is 0 Å². The lowest BCUT2D eigenvalue weighted by Crippen LogP contribution is -2.23. The summed E-state index contributed by atoms with van der Waals surface area (Å²) in [5, 5.41) is 0. The largest absolute Gasteiger partial charge is 0.0564 e. The Labute approximate surface area is 116 Å². The lowest BCUT2D eigenvalue weighted by Gasteiger charge is -2.35. The molecule has 0 saturated carbocycles. The molecule has 1 heteroatoms. The van der Waals surface area contributed by atoms with E-state index in [4.69, 9.17) is 0 Å². The highest BCUT2D eigenvalue weighted by atomic mass is 79.9. The van der Waals surface area contributed by atoms with Crippen LogP contribution in [-0.2, 0) is 0 Å². The summed E-state index contributed by atoms with van der Waals surface area (Å²) in [5.41, 5.74) is 5.27. The SMILES string of the molecule is CC(C)(C)C1=C(Br)C1=C(C(C)(C)C)C(C)(C)C. The van der Waals surface area contributed by atoms with Crippen molar-refractivity contribution < 1.29 is 0 Å². The predicted octanol–water partition coefficient (Wildman–Crippen LogP) is 6.08. The van der Waals surface area contributed by atoms with Crippen molar-refractivity contribution in [2.75, 3.05) is 0 Å². The molecule has 0 aromatic heterocycles. The number of hydrogen-bond donors (Lipinski definition) is 0. The Morgan fingerprint density at radius 2 is 1.12 bits per heavy atom. The predicted molar refractivity (Wildman–Crippen MR) is 81.3 cm³/mol. The maximum atomic E-state index is 3.76. The van der Waals surface area contributed by atoms with E-state index in [1.165, 1.54) is 15.6 Å². The van der Waals surface area contributed by atoms with Crippen molar-refractivity contribution >= 4 is 15.9 Å². The monoisotopic (exact) mass is 298 g/mol. The molecular weight excluding hydrogens is 272 g/mol. The fourth-order valence-corrected chi connectivity index (χ4v) is 4.07. The molecule has 0 aliphatic heterocycles. The van der Waals surface area contributed by atoms with Gasteiger partial charge >= 0.3 is 0 Å². The molecular formula is C16H27Br. The van der Waals surface area contributed by atoms with E-state index in [2.05, 4.69) is 78.2 Å². The Balaban J connectivity index is 3.32. The molecule has 0 atom stereocenters. The molecule has 1 aliphatic carbocycles. The Bertz CT molecular complexity index is 371. The Morgan fingerprint density at radius 3 is 1.29 bits per heavy atom. The summed E-state index contributed by atoms with van der Waals surface area (Å²) < 4.78 is 1.35. The molecule has 0 amide bonds. The lowest BCUT2D eigenvalue weighted by molar-refractivity contribution is 0.359. The van der Waals surface area contributed by atoms with E-state index in [-0.39, 0.29) is 16.2 Å². The quantitative estimate of drug-likeness (QED) is 0.508. The maximum absolute atomic E-state index is 3.76. The molecule has 1 aliphatic rings. The van der Waals surface area contributed by atoms with Crippen LogP contribution in [0.15, 0.2) is 21.2 Å². The number of halogens is 1. The standard InChI is InChI=1S/C16H27Br/c1-14(2,3)11-10(12(11)17)13(15(4,5)6)16(7,8)9/h1-9H3. The average molecular weight is 299 g/mol. The van der Waals surface area contributed by atoms with Gasteiger partial charge in [0.25, 0.3) is 0 Å². The van der Waals surface area contributed by atoms with Gasteiger partial charge < -0.3 is 0 Å².